The van der Waals surface area contributed by atoms with Gasteiger partial charge in [0.05, 0.1) is 0 Å². The lowest BCUT2D eigenvalue weighted by atomic mass is 10.2. The van der Waals surface area contributed by atoms with Gasteiger partial charge < -0.3 is 5.32 Å². The van der Waals surface area contributed by atoms with Crippen molar-refractivity contribution < 1.29 is 0 Å². The van der Waals surface area contributed by atoms with E-state index in [0.717, 1.165) is 5.69 Å². The lowest BCUT2D eigenvalue weighted by molar-refractivity contribution is 1.14. The fraction of sp³-hybridized carbons (Fsp3) is 0. The molecule has 0 amide bonds. The van der Waals surface area contributed by atoms with Crippen molar-refractivity contribution in [3.8, 4) is 6.07 Å². The average molecular weight is 252 g/mol. The topological polar surface area (TPSA) is 61.6 Å². The molecular weight excluding hydrogens is 244 g/mol. The smallest absolute Gasteiger partial charge is 0.228 e. The summed E-state index contributed by atoms with van der Waals surface area (Å²) in [6.45, 7) is 0. The van der Waals surface area contributed by atoms with Crippen LogP contribution in [0.15, 0.2) is 41.9 Å². The predicted octanol–water partition coefficient (Wildman–Crippen LogP) is 3.31. The SMILES string of the molecule is N#Cc1ccnc(Nc2ccc3sccc3c2)n1. The number of hydrogen-bond acceptors (Lipinski definition) is 5. The molecule has 0 fully saturated rings. The molecular formula is C13H8N4S. The Morgan fingerprint density at radius 1 is 1.22 bits per heavy atom. The van der Waals surface area contributed by atoms with Gasteiger partial charge in [-0.05, 0) is 41.1 Å². The van der Waals surface area contributed by atoms with Crippen LogP contribution in [0.5, 0.6) is 0 Å². The summed E-state index contributed by atoms with van der Waals surface area (Å²) < 4.78 is 1.24. The van der Waals surface area contributed by atoms with Crippen LogP contribution in [0.3, 0.4) is 0 Å². The van der Waals surface area contributed by atoms with Crippen LogP contribution in [0.1, 0.15) is 5.69 Å². The molecule has 2 heterocycles. The molecule has 5 heteroatoms. The molecule has 0 saturated heterocycles. The van der Waals surface area contributed by atoms with E-state index in [-0.39, 0.29) is 0 Å². The van der Waals surface area contributed by atoms with Gasteiger partial charge in [0.1, 0.15) is 11.8 Å². The van der Waals surface area contributed by atoms with E-state index in [4.69, 9.17) is 5.26 Å². The fourth-order valence-electron chi connectivity index (χ4n) is 1.65. The van der Waals surface area contributed by atoms with Gasteiger partial charge in [0, 0.05) is 16.6 Å². The van der Waals surface area contributed by atoms with Crippen molar-refractivity contribution in [3.63, 3.8) is 0 Å². The van der Waals surface area contributed by atoms with Gasteiger partial charge in [-0.2, -0.15) is 5.26 Å². The number of rotatable bonds is 2. The van der Waals surface area contributed by atoms with E-state index in [0.29, 0.717) is 11.6 Å². The summed E-state index contributed by atoms with van der Waals surface area (Å²) >= 11 is 1.71. The second-order valence-electron chi connectivity index (χ2n) is 3.68. The summed E-state index contributed by atoms with van der Waals surface area (Å²) in [5, 5.41) is 15.1. The number of thiophene rings is 1. The average Bonchev–Trinajstić information content (AvgIpc) is 2.86. The summed E-state index contributed by atoms with van der Waals surface area (Å²) in [4.78, 5) is 8.15. The number of nitrogens with zero attached hydrogens (tertiary/aromatic N) is 3. The highest BCUT2D eigenvalue weighted by Crippen LogP contribution is 2.25. The summed E-state index contributed by atoms with van der Waals surface area (Å²) in [5.41, 5.74) is 1.26. The lowest BCUT2D eigenvalue weighted by Gasteiger charge is -2.04. The minimum Gasteiger partial charge on any atom is -0.324 e. The van der Waals surface area contributed by atoms with Crippen molar-refractivity contribution in [1.29, 1.82) is 5.26 Å². The molecule has 0 atom stereocenters. The van der Waals surface area contributed by atoms with E-state index in [1.165, 1.54) is 10.1 Å². The van der Waals surface area contributed by atoms with Crippen LogP contribution < -0.4 is 5.32 Å². The number of hydrogen-bond donors (Lipinski definition) is 1. The first-order chi connectivity index (χ1) is 8.85. The standard InChI is InChI=1S/C13H8N4S/c14-8-11-3-5-15-13(17-11)16-10-1-2-12-9(7-10)4-6-18-12/h1-7H,(H,15,16,17). The van der Waals surface area contributed by atoms with E-state index >= 15 is 0 Å². The van der Waals surface area contributed by atoms with Crippen LogP contribution >= 0.6 is 11.3 Å². The van der Waals surface area contributed by atoms with E-state index < -0.39 is 0 Å². The van der Waals surface area contributed by atoms with Crippen molar-refractivity contribution in [3.05, 3.63) is 47.6 Å². The molecule has 0 saturated carbocycles. The van der Waals surface area contributed by atoms with E-state index in [9.17, 15) is 0 Å². The third-order valence-electron chi connectivity index (χ3n) is 2.48. The van der Waals surface area contributed by atoms with Crippen LogP contribution in [0, 0.1) is 11.3 Å². The van der Waals surface area contributed by atoms with Gasteiger partial charge in [0.15, 0.2) is 0 Å². The van der Waals surface area contributed by atoms with E-state index in [1.807, 2.05) is 18.2 Å². The van der Waals surface area contributed by atoms with Gasteiger partial charge in [0.2, 0.25) is 5.95 Å². The van der Waals surface area contributed by atoms with Gasteiger partial charge in [-0.3, -0.25) is 0 Å². The molecule has 86 valence electrons. The van der Waals surface area contributed by atoms with Crippen molar-refractivity contribution in [2.24, 2.45) is 0 Å². The zero-order chi connectivity index (χ0) is 12.4. The highest BCUT2D eigenvalue weighted by atomic mass is 32.1. The Bertz CT molecular complexity index is 742. The lowest BCUT2D eigenvalue weighted by Crippen LogP contribution is -1.97. The van der Waals surface area contributed by atoms with Crippen LogP contribution in [-0.4, -0.2) is 9.97 Å². The molecule has 1 aromatic carbocycles. The molecule has 0 spiro atoms. The Morgan fingerprint density at radius 3 is 3.06 bits per heavy atom. The van der Waals surface area contributed by atoms with Crippen LogP contribution in [0.4, 0.5) is 11.6 Å². The van der Waals surface area contributed by atoms with Crippen molar-refractivity contribution in [1.82, 2.24) is 9.97 Å². The molecule has 1 N–H and O–H groups in total. The zero-order valence-corrected chi connectivity index (χ0v) is 10.1. The third-order valence-corrected chi connectivity index (χ3v) is 3.38. The van der Waals surface area contributed by atoms with Gasteiger partial charge >= 0.3 is 0 Å². The maximum Gasteiger partial charge on any atom is 0.228 e. The second-order valence-corrected chi connectivity index (χ2v) is 4.62. The van der Waals surface area contributed by atoms with Crippen LogP contribution in [-0.2, 0) is 0 Å². The number of fused-ring (bicyclic) bond motifs is 1. The summed E-state index contributed by atoms with van der Waals surface area (Å²) in [6.07, 6.45) is 1.57. The highest BCUT2D eigenvalue weighted by molar-refractivity contribution is 7.17. The minimum absolute atomic E-state index is 0.351. The largest absolute Gasteiger partial charge is 0.324 e. The number of nitrogens with one attached hydrogen (secondary N) is 1. The number of nitriles is 1. The van der Waals surface area contributed by atoms with Gasteiger partial charge in [-0.25, -0.2) is 9.97 Å². The fourth-order valence-corrected chi connectivity index (χ4v) is 2.43. The van der Waals surface area contributed by atoms with Gasteiger partial charge in [-0.15, -0.1) is 11.3 Å². The quantitative estimate of drug-likeness (QED) is 0.760. The number of aromatic nitrogens is 2. The zero-order valence-electron chi connectivity index (χ0n) is 9.29. The molecule has 2 aromatic heterocycles. The molecule has 0 aliphatic rings. The van der Waals surface area contributed by atoms with Crippen molar-refractivity contribution in [2.45, 2.75) is 0 Å². The molecule has 0 aliphatic heterocycles. The first-order valence-electron chi connectivity index (χ1n) is 5.32. The van der Waals surface area contributed by atoms with Gasteiger partial charge in [-0.1, -0.05) is 0 Å². The molecule has 4 nitrogen and oxygen atoms in total. The second kappa shape index (κ2) is 4.43. The Labute approximate surface area is 108 Å². The number of benzene rings is 1. The van der Waals surface area contributed by atoms with E-state index in [1.54, 1.807) is 23.6 Å². The highest BCUT2D eigenvalue weighted by Gasteiger charge is 2.01. The van der Waals surface area contributed by atoms with Crippen LogP contribution in [0.25, 0.3) is 10.1 Å². The molecule has 3 rings (SSSR count). The molecule has 0 unspecified atom stereocenters. The van der Waals surface area contributed by atoms with E-state index in [2.05, 4.69) is 32.8 Å². The monoisotopic (exact) mass is 252 g/mol. The van der Waals surface area contributed by atoms with Crippen molar-refractivity contribution >= 4 is 33.1 Å². The maximum absolute atomic E-state index is 8.78. The first-order valence-corrected chi connectivity index (χ1v) is 6.20. The number of anilines is 2. The third kappa shape index (κ3) is 2.01. The molecule has 0 aliphatic carbocycles. The minimum atomic E-state index is 0.351. The molecule has 0 radical (unpaired) electrons. The Kier molecular flexibility index (Phi) is 2.63. The Morgan fingerprint density at radius 2 is 2.17 bits per heavy atom. The Balaban J connectivity index is 1.93. The Hall–Kier alpha value is -2.45. The predicted molar refractivity (Wildman–Crippen MR) is 71.9 cm³/mol. The van der Waals surface area contributed by atoms with Gasteiger partial charge in [0.25, 0.3) is 0 Å². The summed E-state index contributed by atoms with van der Waals surface area (Å²) in [7, 11) is 0. The molecule has 0 bridgehead atoms. The maximum atomic E-state index is 8.78. The molecule has 18 heavy (non-hydrogen) atoms. The van der Waals surface area contributed by atoms with Crippen LogP contribution in [0.2, 0.25) is 0 Å². The normalized spacial score (nSPS) is 10.2. The molecule has 3 aromatic rings. The van der Waals surface area contributed by atoms with Crippen molar-refractivity contribution in [2.75, 3.05) is 5.32 Å². The first kappa shape index (κ1) is 10.7. The summed E-state index contributed by atoms with van der Waals surface area (Å²) in [6, 6.07) is 11.7. The summed E-state index contributed by atoms with van der Waals surface area (Å²) in [5.74, 6) is 0.434.